The van der Waals surface area contributed by atoms with Crippen molar-refractivity contribution in [3.05, 3.63) is 22.7 Å². The van der Waals surface area contributed by atoms with Crippen LogP contribution < -0.4 is 10.5 Å². The molecular formula is C10H11BrN2O2S. The molecule has 6 heteroatoms. The van der Waals surface area contributed by atoms with Crippen LogP contribution in [0.5, 0.6) is 0 Å². The van der Waals surface area contributed by atoms with Crippen LogP contribution >= 0.6 is 15.9 Å². The lowest BCUT2D eigenvalue weighted by molar-refractivity contribution is 0.577. The van der Waals surface area contributed by atoms with Crippen molar-refractivity contribution >= 4 is 31.6 Å². The average Bonchev–Trinajstić information content (AvgIpc) is 2.21. The zero-order chi connectivity index (χ0) is 12.3. The van der Waals surface area contributed by atoms with Crippen LogP contribution in [0.25, 0.3) is 0 Å². The molecule has 0 aromatic heterocycles. The molecule has 0 saturated heterocycles. The summed E-state index contributed by atoms with van der Waals surface area (Å²) in [6.45, 7) is 1.59. The molecule has 3 N–H and O–H groups in total. The molecular weight excluding hydrogens is 292 g/mol. The number of nitrogens with one attached hydrogen (secondary N) is 1. The van der Waals surface area contributed by atoms with E-state index in [-0.39, 0.29) is 4.90 Å². The van der Waals surface area contributed by atoms with Gasteiger partial charge in [0.15, 0.2) is 0 Å². The molecule has 0 amide bonds. The van der Waals surface area contributed by atoms with E-state index in [2.05, 4.69) is 26.6 Å². The predicted molar refractivity (Wildman–Crippen MR) is 67.2 cm³/mol. The molecule has 0 aliphatic carbocycles. The summed E-state index contributed by atoms with van der Waals surface area (Å²) >= 11 is 3.16. The highest BCUT2D eigenvalue weighted by atomic mass is 79.9. The molecule has 4 nitrogen and oxygen atoms in total. The van der Waals surface area contributed by atoms with Crippen LogP contribution in [0, 0.1) is 12.3 Å². The van der Waals surface area contributed by atoms with Crippen LogP contribution in [0.2, 0.25) is 0 Å². The van der Waals surface area contributed by atoms with E-state index in [0.29, 0.717) is 10.2 Å². The summed E-state index contributed by atoms with van der Waals surface area (Å²) in [4.78, 5) is 0.121. The van der Waals surface area contributed by atoms with Crippen molar-refractivity contribution in [3.8, 4) is 12.3 Å². The highest BCUT2D eigenvalue weighted by Gasteiger charge is 2.16. The summed E-state index contributed by atoms with van der Waals surface area (Å²) in [6, 6.07) is 3.81. The van der Waals surface area contributed by atoms with Gasteiger partial charge in [0.05, 0.1) is 10.9 Å². The van der Waals surface area contributed by atoms with Gasteiger partial charge < -0.3 is 5.73 Å². The molecule has 0 spiro atoms. The summed E-state index contributed by atoms with van der Waals surface area (Å²) in [5.41, 5.74) is 6.04. The first-order valence-electron chi connectivity index (χ1n) is 4.40. The Labute approximate surface area is 103 Å². The molecule has 1 aromatic carbocycles. The predicted octanol–water partition coefficient (Wildman–Crippen LogP) is 1.33. The number of hydrogen-bond acceptors (Lipinski definition) is 3. The molecule has 0 heterocycles. The SMILES string of the molecule is C#CC(C)NS(=O)(=O)c1ccc(N)c(Br)c1. The monoisotopic (exact) mass is 302 g/mol. The van der Waals surface area contributed by atoms with Crippen LogP contribution in [0.1, 0.15) is 6.92 Å². The number of halogens is 1. The summed E-state index contributed by atoms with van der Waals surface area (Å²) < 4.78 is 26.5. The zero-order valence-electron chi connectivity index (χ0n) is 8.57. The third-order valence-electron chi connectivity index (χ3n) is 1.86. The fourth-order valence-corrected chi connectivity index (χ4v) is 2.73. The van der Waals surface area contributed by atoms with Gasteiger partial charge in [-0.15, -0.1) is 6.42 Å². The first-order valence-corrected chi connectivity index (χ1v) is 6.68. The van der Waals surface area contributed by atoms with Crippen LogP contribution in [0.15, 0.2) is 27.6 Å². The van der Waals surface area contributed by atoms with E-state index >= 15 is 0 Å². The van der Waals surface area contributed by atoms with Gasteiger partial charge in [0, 0.05) is 10.2 Å². The minimum atomic E-state index is -3.59. The number of terminal acetylenes is 1. The number of sulfonamides is 1. The lowest BCUT2D eigenvalue weighted by Gasteiger charge is -2.09. The first kappa shape index (κ1) is 13.0. The summed E-state index contributed by atoms with van der Waals surface area (Å²) in [5.74, 6) is 2.29. The maximum atomic E-state index is 11.8. The van der Waals surface area contributed by atoms with E-state index in [1.54, 1.807) is 6.92 Å². The lowest BCUT2D eigenvalue weighted by Crippen LogP contribution is -2.31. The topological polar surface area (TPSA) is 72.2 Å². The molecule has 0 aliphatic rings. The number of nitrogen functional groups attached to an aromatic ring is 1. The van der Waals surface area contributed by atoms with Crippen LogP contribution in [0.4, 0.5) is 5.69 Å². The van der Waals surface area contributed by atoms with Crippen LogP contribution in [0.3, 0.4) is 0 Å². The highest BCUT2D eigenvalue weighted by Crippen LogP contribution is 2.22. The molecule has 1 atom stereocenters. The molecule has 0 bridgehead atoms. The van der Waals surface area contributed by atoms with Gasteiger partial charge in [-0.05, 0) is 41.1 Å². The Morgan fingerprint density at radius 3 is 2.69 bits per heavy atom. The Morgan fingerprint density at radius 1 is 1.56 bits per heavy atom. The van der Waals surface area contributed by atoms with Gasteiger partial charge in [-0.25, -0.2) is 8.42 Å². The third kappa shape index (κ3) is 2.98. The average molecular weight is 303 g/mol. The quantitative estimate of drug-likeness (QED) is 0.653. The first-order chi connectivity index (χ1) is 7.36. The molecule has 1 aromatic rings. The second-order valence-electron chi connectivity index (χ2n) is 3.19. The second kappa shape index (κ2) is 4.87. The minimum Gasteiger partial charge on any atom is -0.398 e. The Morgan fingerprint density at radius 2 is 2.19 bits per heavy atom. The van der Waals surface area contributed by atoms with Crippen LogP contribution in [-0.2, 0) is 10.0 Å². The van der Waals surface area contributed by atoms with Gasteiger partial charge in [-0.3, -0.25) is 0 Å². The Hall–Kier alpha value is -1.03. The Balaban J connectivity index is 3.09. The highest BCUT2D eigenvalue weighted by molar-refractivity contribution is 9.10. The minimum absolute atomic E-state index is 0.121. The van der Waals surface area contributed by atoms with Crippen molar-refractivity contribution in [1.29, 1.82) is 0 Å². The summed E-state index contributed by atoms with van der Waals surface area (Å²) in [7, 11) is -3.59. The van der Waals surface area contributed by atoms with E-state index in [1.807, 2.05) is 0 Å². The Bertz CT molecular complexity index is 534. The van der Waals surface area contributed by atoms with Gasteiger partial charge in [0.25, 0.3) is 0 Å². The largest absolute Gasteiger partial charge is 0.398 e. The normalized spacial score (nSPS) is 13.1. The van der Waals surface area contributed by atoms with Crippen molar-refractivity contribution in [2.45, 2.75) is 17.9 Å². The molecule has 0 fully saturated rings. The standard InChI is InChI=1S/C10H11BrN2O2S/c1-3-7(2)13-16(14,15)8-4-5-10(12)9(11)6-8/h1,4-7,13H,12H2,2H3. The van der Waals surface area contributed by atoms with E-state index in [1.165, 1.54) is 18.2 Å². The fourth-order valence-electron chi connectivity index (χ4n) is 1.01. The number of rotatable bonds is 3. The molecule has 1 rings (SSSR count). The van der Waals surface area contributed by atoms with Crippen molar-refractivity contribution < 1.29 is 8.42 Å². The van der Waals surface area contributed by atoms with Gasteiger partial charge in [0.1, 0.15) is 0 Å². The van der Waals surface area contributed by atoms with Crippen LogP contribution in [-0.4, -0.2) is 14.5 Å². The van der Waals surface area contributed by atoms with Crippen molar-refractivity contribution in [2.24, 2.45) is 0 Å². The smallest absolute Gasteiger partial charge is 0.241 e. The summed E-state index contributed by atoms with van der Waals surface area (Å²) in [5, 5.41) is 0. The maximum Gasteiger partial charge on any atom is 0.241 e. The lowest BCUT2D eigenvalue weighted by atomic mass is 10.3. The number of benzene rings is 1. The zero-order valence-corrected chi connectivity index (χ0v) is 11.0. The third-order valence-corrected chi connectivity index (χ3v) is 4.09. The van der Waals surface area contributed by atoms with Crippen molar-refractivity contribution in [1.82, 2.24) is 4.72 Å². The fraction of sp³-hybridized carbons (Fsp3) is 0.200. The van der Waals surface area contributed by atoms with Crippen molar-refractivity contribution in [2.75, 3.05) is 5.73 Å². The molecule has 0 saturated carbocycles. The van der Waals surface area contributed by atoms with Gasteiger partial charge >= 0.3 is 0 Å². The number of anilines is 1. The molecule has 1 unspecified atom stereocenters. The number of nitrogens with two attached hydrogens (primary N) is 1. The molecule has 86 valence electrons. The molecule has 0 radical (unpaired) electrons. The van der Waals surface area contributed by atoms with Crippen molar-refractivity contribution in [3.63, 3.8) is 0 Å². The molecule has 0 aliphatic heterocycles. The van der Waals surface area contributed by atoms with E-state index in [4.69, 9.17) is 12.2 Å². The van der Waals surface area contributed by atoms with Gasteiger partial charge in [-0.1, -0.05) is 5.92 Å². The van der Waals surface area contributed by atoms with Gasteiger partial charge in [-0.2, -0.15) is 4.72 Å². The van der Waals surface area contributed by atoms with E-state index in [0.717, 1.165) is 0 Å². The second-order valence-corrected chi connectivity index (χ2v) is 5.76. The van der Waals surface area contributed by atoms with E-state index in [9.17, 15) is 8.42 Å². The van der Waals surface area contributed by atoms with Gasteiger partial charge in [0.2, 0.25) is 10.0 Å². The van der Waals surface area contributed by atoms with E-state index < -0.39 is 16.1 Å². The molecule has 16 heavy (non-hydrogen) atoms. The maximum absolute atomic E-state index is 11.8. The number of hydrogen-bond donors (Lipinski definition) is 2. The summed E-state index contributed by atoms with van der Waals surface area (Å²) in [6.07, 6.45) is 5.11. The Kier molecular flexibility index (Phi) is 3.97.